The van der Waals surface area contributed by atoms with Crippen LogP contribution in [0.25, 0.3) is 0 Å². The molecule has 0 radical (unpaired) electrons. The molecule has 0 fully saturated rings. The zero-order valence-corrected chi connectivity index (χ0v) is 10.6. The van der Waals surface area contributed by atoms with Crippen LogP contribution in [0.4, 0.5) is 4.39 Å². The van der Waals surface area contributed by atoms with Crippen LogP contribution in [0.15, 0.2) is 54.3 Å². The van der Waals surface area contributed by atoms with E-state index < -0.39 is 5.82 Å². The maximum Gasteiger partial charge on any atom is 0.166 e. The van der Waals surface area contributed by atoms with Crippen LogP contribution < -0.4 is 10.1 Å². The Morgan fingerprint density at radius 3 is 2.61 bits per heavy atom. The van der Waals surface area contributed by atoms with Gasteiger partial charge in [0.15, 0.2) is 11.6 Å². The monoisotopic (exact) mass is 245 g/mol. The van der Waals surface area contributed by atoms with Gasteiger partial charge in [-0.25, -0.2) is 4.39 Å². The van der Waals surface area contributed by atoms with Crippen molar-refractivity contribution in [1.82, 2.24) is 5.32 Å². The van der Waals surface area contributed by atoms with Gasteiger partial charge in [-0.3, -0.25) is 0 Å². The zero-order chi connectivity index (χ0) is 13.5. The second kappa shape index (κ2) is 6.51. The molecule has 0 bridgehead atoms. The smallest absolute Gasteiger partial charge is 0.166 e. The lowest BCUT2D eigenvalue weighted by molar-refractivity contribution is 0.399. The van der Waals surface area contributed by atoms with Crippen LogP contribution in [0.5, 0.6) is 5.75 Å². The van der Waals surface area contributed by atoms with Gasteiger partial charge in [-0.15, -0.1) is 5.73 Å². The molecular formula is C15H16FNO. The number of halogens is 1. The Kier molecular flexibility index (Phi) is 5.01. The van der Waals surface area contributed by atoms with Crippen molar-refractivity contribution in [3.8, 4) is 5.75 Å². The number of ether oxygens (including phenoxy) is 1. The molecule has 0 atom stereocenters. The molecule has 0 spiro atoms. The maximum absolute atomic E-state index is 13.7. The van der Waals surface area contributed by atoms with Crippen molar-refractivity contribution in [2.24, 2.45) is 0 Å². The molecule has 0 unspecified atom stereocenters. The zero-order valence-electron chi connectivity index (χ0n) is 10.6. The third kappa shape index (κ3) is 3.99. The highest BCUT2D eigenvalue weighted by molar-refractivity contribution is 5.30. The quantitative estimate of drug-likeness (QED) is 0.631. The maximum atomic E-state index is 13.7. The third-order valence-corrected chi connectivity index (χ3v) is 2.33. The lowest BCUT2D eigenvalue weighted by Gasteiger charge is -2.08. The van der Waals surface area contributed by atoms with Gasteiger partial charge >= 0.3 is 0 Å². The van der Waals surface area contributed by atoms with E-state index in [-0.39, 0.29) is 5.75 Å². The number of allylic oxidation sites excluding steroid dienone is 2. The molecule has 18 heavy (non-hydrogen) atoms. The molecular weight excluding hydrogens is 229 g/mol. The van der Waals surface area contributed by atoms with E-state index in [2.05, 4.69) is 29.9 Å². The average Bonchev–Trinajstić information content (AvgIpc) is 2.38. The molecule has 0 aliphatic heterocycles. The van der Waals surface area contributed by atoms with Gasteiger partial charge < -0.3 is 10.1 Å². The highest BCUT2D eigenvalue weighted by atomic mass is 19.1. The summed E-state index contributed by atoms with van der Waals surface area (Å²) in [6.45, 7) is 11.0. The van der Waals surface area contributed by atoms with Crippen LogP contribution in [-0.2, 0) is 6.54 Å². The molecule has 0 aliphatic rings. The summed E-state index contributed by atoms with van der Waals surface area (Å²) >= 11 is 0. The van der Waals surface area contributed by atoms with E-state index in [4.69, 9.17) is 4.74 Å². The number of rotatable bonds is 5. The predicted octanol–water partition coefficient (Wildman–Crippen LogP) is 3.67. The van der Waals surface area contributed by atoms with E-state index in [0.29, 0.717) is 12.3 Å². The predicted molar refractivity (Wildman–Crippen MR) is 70.5 cm³/mol. The fraction of sp³-hybridized carbons (Fsp3) is 0.200. The van der Waals surface area contributed by atoms with Crippen molar-refractivity contribution in [2.45, 2.75) is 20.4 Å². The molecule has 1 aromatic carbocycles. The minimum atomic E-state index is -0.413. The number of benzene rings is 1. The van der Waals surface area contributed by atoms with E-state index in [1.54, 1.807) is 19.1 Å². The third-order valence-electron chi connectivity index (χ3n) is 2.33. The molecule has 1 N–H and O–H groups in total. The molecule has 0 saturated heterocycles. The fourth-order valence-electron chi connectivity index (χ4n) is 1.24. The molecule has 0 saturated carbocycles. The summed E-state index contributed by atoms with van der Waals surface area (Å²) in [6, 6.07) is 4.80. The highest BCUT2D eigenvalue weighted by Crippen LogP contribution is 2.20. The molecule has 0 aliphatic carbocycles. The van der Waals surface area contributed by atoms with Crippen molar-refractivity contribution in [3.63, 3.8) is 0 Å². The average molecular weight is 245 g/mol. The molecule has 94 valence electrons. The Morgan fingerprint density at radius 2 is 2.06 bits per heavy atom. The Hall–Kier alpha value is -2.21. The standard InChI is InChI=1S/C15H16FNO/c1-5-11(3)17-10-13-7-8-15(14(16)9-13)18-12(4)6-2/h7-9,17H,1-2,10H2,3-4H3. The molecule has 1 rings (SSSR count). The number of hydrogen-bond acceptors (Lipinski definition) is 2. The van der Waals surface area contributed by atoms with E-state index in [1.807, 2.05) is 6.92 Å². The van der Waals surface area contributed by atoms with Crippen LogP contribution in [0.3, 0.4) is 0 Å². The Bertz CT molecular complexity index is 535. The highest BCUT2D eigenvalue weighted by Gasteiger charge is 2.05. The van der Waals surface area contributed by atoms with E-state index in [0.717, 1.165) is 11.3 Å². The Labute approximate surface area is 107 Å². The minimum Gasteiger partial charge on any atom is -0.451 e. The molecule has 0 heterocycles. The van der Waals surface area contributed by atoms with Gasteiger partial charge in [0.05, 0.1) is 5.70 Å². The Morgan fingerprint density at radius 1 is 1.33 bits per heavy atom. The molecule has 3 heteroatoms. The summed E-state index contributed by atoms with van der Waals surface area (Å²) in [5.41, 5.74) is 6.90. The first-order valence-electron chi connectivity index (χ1n) is 5.50. The van der Waals surface area contributed by atoms with E-state index in [1.165, 1.54) is 6.07 Å². The van der Waals surface area contributed by atoms with Crippen molar-refractivity contribution >= 4 is 0 Å². The first-order chi connectivity index (χ1) is 8.56. The first kappa shape index (κ1) is 13.9. The molecule has 0 amide bonds. The van der Waals surface area contributed by atoms with Crippen LogP contribution in [0.1, 0.15) is 19.4 Å². The van der Waals surface area contributed by atoms with Gasteiger partial charge in [-0.2, -0.15) is 0 Å². The van der Waals surface area contributed by atoms with Gasteiger partial charge in [0, 0.05) is 13.5 Å². The number of hydrogen-bond donors (Lipinski definition) is 1. The van der Waals surface area contributed by atoms with Crippen LogP contribution >= 0.6 is 0 Å². The van der Waals surface area contributed by atoms with Crippen LogP contribution in [0, 0.1) is 5.82 Å². The topological polar surface area (TPSA) is 21.3 Å². The van der Waals surface area contributed by atoms with E-state index in [9.17, 15) is 4.39 Å². The summed E-state index contributed by atoms with van der Waals surface area (Å²) < 4.78 is 18.9. The number of nitrogens with one attached hydrogen (secondary N) is 1. The summed E-state index contributed by atoms with van der Waals surface area (Å²) in [4.78, 5) is 0. The van der Waals surface area contributed by atoms with Crippen molar-refractivity contribution in [1.29, 1.82) is 0 Å². The SMILES string of the molecule is C=C=C(C)NCc1ccc(OC(C)=C=C)c(F)c1. The van der Waals surface area contributed by atoms with Crippen molar-refractivity contribution in [3.05, 3.63) is 65.7 Å². The second-order valence-electron chi connectivity index (χ2n) is 3.76. The fourth-order valence-corrected chi connectivity index (χ4v) is 1.24. The van der Waals surface area contributed by atoms with Crippen LogP contribution in [0.2, 0.25) is 0 Å². The van der Waals surface area contributed by atoms with Crippen LogP contribution in [-0.4, -0.2) is 0 Å². The molecule has 0 aromatic heterocycles. The van der Waals surface area contributed by atoms with Crippen molar-refractivity contribution in [2.75, 3.05) is 0 Å². The van der Waals surface area contributed by atoms with E-state index >= 15 is 0 Å². The minimum absolute atomic E-state index is 0.170. The summed E-state index contributed by atoms with van der Waals surface area (Å²) in [5, 5.41) is 3.06. The molecule has 2 nitrogen and oxygen atoms in total. The second-order valence-corrected chi connectivity index (χ2v) is 3.76. The van der Waals surface area contributed by atoms with Gasteiger partial charge in [-0.05, 0) is 24.6 Å². The van der Waals surface area contributed by atoms with Crippen molar-refractivity contribution < 1.29 is 9.13 Å². The van der Waals surface area contributed by atoms with Gasteiger partial charge in [-0.1, -0.05) is 25.0 Å². The summed E-state index contributed by atoms with van der Waals surface area (Å²) in [7, 11) is 0. The lowest BCUT2D eigenvalue weighted by Crippen LogP contribution is -2.09. The lowest BCUT2D eigenvalue weighted by atomic mass is 10.2. The Balaban J connectivity index is 2.79. The molecule has 1 aromatic rings. The first-order valence-corrected chi connectivity index (χ1v) is 5.50. The van der Waals surface area contributed by atoms with Gasteiger partial charge in [0.25, 0.3) is 0 Å². The largest absolute Gasteiger partial charge is 0.451 e. The normalized spacial score (nSPS) is 9.06. The van der Waals surface area contributed by atoms with Gasteiger partial charge in [0.2, 0.25) is 0 Å². The summed E-state index contributed by atoms with van der Waals surface area (Å²) in [5.74, 6) is 0.192. The van der Waals surface area contributed by atoms with Gasteiger partial charge in [0.1, 0.15) is 5.76 Å². The summed E-state index contributed by atoms with van der Waals surface area (Å²) in [6.07, 6.45) is 0.